The van der Waals surface area contributed by atoms with E-state index in [4.69, 9.17) is 9.47 Å². The Balaban J connectivity index is 1.65. The van der Waals surface area contributed by atoms with Crippen molar-refractivity contribution in [2.45, 2.75) is 11.8 Å². The van der Waals surface area contributed by atoms with Gasteiger partial charge in [0.2, 0.25) is 0 Å². The molecule has 3 rings (SSSR count). The van der Waals surface area contributed by atoms with Crippen LogP contribution in [-0.2, 0) is 9.84 Å². The largest absolute Gasteiger partial charge is 0.497 e. The van der Waals surface area contributed by atoms with E-state index in [0.717, 1.165) is 5.52 Å². The minimum Gasteiger partial charge on any atom is -0.497 e. The number of carbonyl (C=O) groups is 1. The summed E-state index contributed by atoms with van der Waals surface area (Å²) in [7, 11) is -0.567. The van der Waals surface area contributed by atoms with E-state index >= 15 is 0 Å². The summed E-state index contributed by atoms with van der Waals surface area (Å²) in [5.41, 5.74) is 1.79. The third-order valence-electron chi connectivity index (χ3n) is 4.46. The fourth-order valence-electron chi connectivity index (χ4n) is 3.12. The van der Waals surface area contributed by atoms with Gasteiger partial charge in [0.15, 0.2) is 9.84 Å². The molecular formula is C20H23N3O5S. The van der Waals surface area contributed by atoms with Crippen molar-refractivity contribution >= 4 is 32.5 Å². The number of nitrogens with one attached hydrogen (secondary N) is 3. The molecule has 0 radical (unpaired) electrons. The molecule has 0 saturated carbocycles. The Kier molecular flexibility index (Phi) is 5.97. The van der Waals surface area contributed by atoms with Crippen LogP contribution in [0.3, 0.4) is 0 Å². The number of aryl methyl sites for hydroxylation is 1. The van der Waals surface area contributed by atoms with Crippen molar-refractivity contribution in [1.29, 1.82) is 0 Å². The number of anilines is 1. The average Bonchev–Trinajstić information content (AvgIpc) is 3.04. The van der Waals surface area contributed by atoms with E-state index in [0.29, 0.717) is 28.3 Å². The quantitative estimate of drug-likeness (QED) is 0.547. The first-order chi connectivity index (χ1) is 13.9. The van der Waals surface area contributed by atoms with E-state index < -0.39 is 15.9 Å². The molecule has 8 nitrogen and oxygen atoms in total. The van der Waals surface area contributed by atoms with Gasteiger partial charge in [0, 0.05) is 29.2 Å². The Morgan fingerprint density at radius 2 is 1.86 bits per heavy atom. The summed E-state index contributed by atoms with van der Waals surface area (Å²) in [5.74, 6) is 0.803. The number of benzene rings is 2. The van der Waals surface area contributed by atoms with Gasteiger partial charge < -0.3 is 25.1 Å². The monoisotopic (exact) mass is 417 g/mol. The topological polar surface area (TPSA) is 110 Å². The average molecular weight is 417 g/mol. The smallest absolute Gasteiger partial charge is 0.319 e. The van der Waals surface area contributed by atoms with Crippen LogP contribution in [0.15, 0.2) is 47.4 Å². The van der Waals surface area contributed by atoms with Crippen molar-refractivity contribution in [1.82, 2.24) is 10.3 Å². The first-order valence-electron chi connectivity index (χ1n) is 8.92. The molecule has 0 fully saturated rings. The van der Waals surface area contributed by atoms with Gasteiger partial charge in [-0.15, -0.1) is 0 Å². The van der Waals surface area contributed by atoms with Gasteiger partial charge in [-0.25, -0.2) is 13.2 Å². The lowest BCUT2D eigenvalue weighted by Crippen LogP contribution is -2.33. The molecule has 1 aromatic heterocycles. The summed E-state index contributed by atoms with van der Waals surface area (Å²) in [4.78, 5) is 15.5. The summed E-state index contributed by atoms with van der Waals surface area (Å²) in [5, 5.41) is 5.86. The molecule has 0 bridgehead atoms. The normalized spacial score (nSPS) is 11.3. The molecule has 2 amide bonds. The number of hydrogen-bond donors (Lipinski definition) is 3. The van der Waals surface area contributed by atoms with Crippen LogP contribution in [0.1, 0.15) is 5.69 Å². The summed E-state index contributed by atoms with van der Waals surface area (Å²) < 4.78 is 36.0. The second-order valence-corrected chi connectivity index (χ2v) is 8.44. The molecule has 3 N–H and O–H groups in total. The van der Waals surface area contributed by atoms with Crippen molar-refractivity contribution in [2.75, 3.05) is 31.8 Å². The standard InChI is InChI=1S/C20H23N3O5S/c1-13-19(15-6-4-5-7-16(15)22-13)29(25,26)11-10-21-20(24)23-17-9-8-14(27-2)12-18(17)28-3/h4-9,12,22H,10-11H2,1-3H3,(H2,21,23,24). The molecule has 29 heavy (non-hydrogen) atoms. The number of methoxy groups -OCH3 is 2. The number of amides is 2. The molecule has 0 aliphatic rings. The maximum absolute atomic E-state index is 12.8. The molecule has 2 aromatic carbocycles. The van der Waals surface area contributed by atoms with E-state index in [2.05, 4.69) is 15.6 Å². The van der Waals surface area contributed by atoms with E-state index in [1.807, 2.05) is 12.1 Å². The highest BCUT2D eigenvalue weighted by Crippen LogP contribution is 2.29. The predicted molar refractivity (Wildman–Crippen MR) is 112 cm³/mol. The van der Waals surface area contributed by atoms with Crippen molar-refractivity contribution < 1.29 is 22.7 Å². The van der Waals surface area contributed by atoms with Crippen molar-refractivity contribution in [3.05, 3.63) is 48.2 Å². The summed E-state index contributed by atoms with van der Waals surface area (Å²) in [6.45, 7) is 1.69. The number of para-hydroxylation sites is 1. The number of ether oxygens (including phenoxy) is 2. The number of aromatic amines is 1. The van der Waals surface area contributed by atoms with Gasteiger partial charge in [0.1, 0.15) is 11.5 Å². The number of carbonyl (C=O) groups excluding carboxylic acids is 1. The van der Waals surface area contributed by atoms with Crippen LogP contribution in [0.5, 0.6) is 11.5 Å². The third-order valence-corrected chi connectivity index (χ3v) is 6.35. The second-order valence-electron chi connectivity index (χ2n) is 6.39. The van der Waals surface area contributed by atoms with Gasteiger partial charge in [-0.3, -0.25) is 0 Å². The van der Waals surface area contributed by atoms with Crippen LogP contribution >= 0.6 is 0 Å². The van der Waals surface area contributed by atoms with Crippen LogP contribution in [0, 0.1) is 6.92 Å². The summed E-state index contributed by atoms with van der Waals surface area (Å²) >= 11 is 0. The molecule has 0 aliphatic carbocycles. The van der Waals surface area contributed by atoms with Crippen LogP contribution in [0.25, 0.3) is 10.9 Å². The zero-order chi connectivity index (χ0) is 21.0. The van der Waals surface area contributed by atoms with Gasteiger partial charge >= 0.3 is 6.03 Å². The maximum Gasteiger partial charge on any atom is 0.319 e. The number of fused-ring (bicyclic) bond motifs is 1. The summed E-state index contributed by atoms with van der Waals surface area (Å²) in [6.07, 6.45) is 0. The molecule has 154 valence electrons. The lowest BCUT2D eigenvalue weighted by atomic mass is 10.2. The molecule has 0 aliphatic heterocycles. The Morgan fingerprint density at radius 1 is 1.10 bits per heavy atom. The molecule has 1 heterocycles. The highest BCUT2D eigenvalue weighted by molar-refractivity contribution is 7.91. The van der Waals surface area contributed by atoms with Crippen LogP contribution in [0.4, 0.5) is 10.5 Å². The zero-order valence-corrected chi connectivity index (χ0v) is 17.2. The first kappa shape index (κ1) is 20.5. The third kappa shape index (κ3) is 4.45. The predicted octanol–water partition coefficient (Wildman–Crippen LogP) is 3.09. The fraction of sp³-hybridized carbons (Fsp3) is 0.250. The van der Waals surface area contributed by atoms with Crippen LogP contribution in [0.2, 0.25) is 0 Å². The highest BCUT2D eigenvalue weighted by atomic mass is 32.2. The van der Waals surface area contributed by atoms with Gasteiger partial charge in [-0.05, 0) is 25.1 Å². The van der Waals surface area contributed by atoms with Crippen LogP contribution < -0.4 is 20.1 Å². The minimum absolute atomic E-state index is 0.0361. The van der Waals surface area contributed by atoms with E-state index in [9.17, 15) is 13.2 Å². The molecule has 0 saturated heterocycles. The highest BCUT2D eigenvalue weighted by Gasteiger charge is 2.22. The van der Waals surface area contributed by atoms with Crippen molar-refractivity contribution in [3.8, 4) is 11.5 Å². The minimum atomic E-state index is -3.58. The number of hydrogen-bond acceptors (Lipinski definition) is 5. The number of rotatable bonds is 7. The molecule has 0 unspecified atom stereocenters. The number of aromatic nitrogens is 1. The Hall–Kier alpha value is -3.20. The van der Waals surface area contributed by atoms with Crippen LogP contribution in [-0.4, -0.2) is 46.0 Å². The Morgan fingerprint density at radius 3 is 2.59 bits per heavy atom. The van der Waals surface area contributed by atoms with Gasteiger partial charge in [-0.1, -0.05) is 18.2 Å². The van der Waals surface area contributed by atoms with Gasteiger partial charge in [0.05, 0.1) is 30.6 Å². The first-order valence-corrected chi connectivity index (χ1v) is 10.6. The second kappa shape index (κ2) is 8.44. The Labute approximate surface area is 169 Å². The Bertz CT molecular complexity index is 1140. The van der Waals surface area contributed by atoms with E-state index in [1.165, 1.54) is 14.2 Å². The lowest BCUT2D eigenvalue weighted by Gasteiger charge is -2.12. The molecule has 9 heteroatoms. The van der Waals surface area contributed by atoms with Crippen molar-refractivity contribution in [2.24, 2.45) is 0 Å². The number of H-pyrrole nitrogens is 1. The molecule has 0 spiro atoms. The molecular weight excluding hydrogens is 394 g/mol. The molecule has 0 atom stereocenters. The fourth-order valence-corrected chi connectivity index (χ4v) is 4.73. The summed E-state index contributed by atoms with van der Waals surface area (Å²) in [6, 6.07) is 11.7. The van der Waals surface area contributed by atoms with Gasteiger partial charge in [0.25, 0.3) is 0 Å². The van der Waals surface area contributed by atoms with E-state index in [1.54, 1.807) is 37.3 Å². The zero-order valence-electron chi connectivity index (χ0n) is 16.4. The number of urea groups is 1. The lowest BCUT2D eigenvalue weighted by molar-refractivity contribution is 0.252. The van der Waals surface area contributed by atoms with Crippen molar-refractivity contribution in [3.63, 3.8) is 0 Å². The SMILES string of the molecule is COc1ccc(NC(=O)NCCS(=O)(=O)c2c(C)[nH]c3ccccc23)c(OC)c1. The van der Waals surface area contributed by atoms with Gasteiger partial charge in [-0.2, -0.15) is 0 Å². The number of sulfone groups is 1. The molecule has 3 aromatic rings. The maximum atomic E-state index is 12.8. The van der Waals surface area contributed by atoms with E-state index in [-0.39, 0.29) is 17.2 Å².